The average Bonchev–Trinajstić information content (AvgIpc) is 2.15. The molecule has 1 rings (SSSR count). The van der Waals surface area contributed by atoms with E-state index in [-0.39, 0.29) is 0 Å². The summed E-state index contributed by atoms with van der Waals surface area (Å²) < 4.78 is 74.6. The maximum Gasteiger partial charge on any atom is 0.461 e. The van der Waals surface area contributed by atoms with Crippen LogP contribution in [0, 0.1) is 0 Å². The van der Waals surface area contributed by atoms with Crippen molar-refractivity contribution in [3.05, 3.63) is 24.3 Å². The number of hydrogen-bond acceptors (Lipinski definition) is 3. The second kappa shape index (κ2) is 4.49. The lowest BCUT2D eigenvalue weighted by molar-refractivity contribution is -0.254. The Balaban J connectivity index is 3.17. The van der Waals surface area contributed by atoms with Gasteiger partial charge in [-0.1, -0.05) is 12.1 Å². The lowest BCUT2D eigenvalue weighted by Crippen LogP contribution is -2.34. The van der Waals surface area contributed by atoms with E-state index < -0.39 is 33.2 Å². The number of primary sulfonamides is 1. The predicted molar refractivity (Wildman–Crippen MR) is 49.4 cm³/mol. The van der Waals surface area contributed by atoms with Crippen LogP contribution in [0.5, 0.6) is 5.75 Å². The fraction of sp³-hybridized carbons (Fsp3) is 0.250. The molecule has 0 aliphatic rings. The monoisotopic (exact) mass is 273 g/mol. The molecule has 0 atom stereocenters. The average molecular weight is 273 g/mol. The van der Waals surface area contributed by atoms with Gasteiger partial charge >= 0.3 is 12.5 Å². The zero-order chi connectivity index (χ0) is 13.3. The molecule has 4 nitrogen and oxygen atoms in total. The molecular weight excluding hydrogens is 266 g/mol. The van der Waals surface area contributed by atoms with E-state index in [4.69, 9.17) is 5.14 Å². The topological polar surface area (TPSA) is 69.4 Å². The van der Waals surface area contributed by atoms with E-state index in [9.17, 15) is 26.0 Å². The molecule has 0 aromatic heterocycles. The molecule has 9 heteroatoms. The predicted octanol–water partition coefficient (Wildman–Crippen LogP) is 1.57. The van der Waals surface area contributed by atoms with E-state index in [2.05, 4.69) is 4.74 Å². The molecule has 0 spiro atoms. The van der Waals surface area contributed by atoms with Gasteiger partial charge in [0.2, 0.25) is 10.0 Å². The first-order valence-electron chi connectivity index (χ1n) is 4.11. The minimum Gasteiger partial charge on any atom is -0.427 e. The molecule has 0 aliphatic carbocycles. The summed E-state index contributed by atoms with van der Waals surface area (Å²) in [6, 6.07) is 4.00. The first kappa shape index (κ1) is 13.7. The highest BCUT2D eigenvalue weighted by Gasteiger charge is 2.44. The highest BCUT2D eigenvalue weighted by atomic mass is 32.2. The van der Waals surface area contributed by atoms with E-state index >= 15 is 0 Å². The molecule has 0 radical (unpaired) electrons. The Bertz CT molecular complexity index is 503. The molecule has 0 saturated heterocycles. The molecule has 0 bridgehead atoms. The molecule has 0 heterocycles. The van der Waals surface area contributed by atoms with E-state index in [1.807, 2.05) is 0 Å². The Labute approximate surface area is 94.0 Å². The van der Waals surface area contributed by atoms with Crippen LogP contribution < -0.4 is 9.88 Å². The van der Waals surface area contributed by atoms with Crippen LogP contribution >= 0.6 is 0 Å². The van der Waals surface area contributed by atoms with Gasteiger partial charge < -0.3 is 4.74 Å². The first-order chi connectivity index (χ1) is 7.64. The quantitative estimate of drug-likeness (QED) is 0.846. The minimum atomic E-state index is -4.79. The van der Waals surface area contributed by atoms with Crippen molar-refractivity contribution in [2.24, 2.45) is 5.14 Å². The van der Waals surface area contributed by atoms with Gasteiger partial charge in [0, 0.05) is 0 Å². The van der Waals surface area contributed by atoms with Crippen LogP contribution in [0.2, 0.25) is 0 Å². The van der Waals surface area contributed by atoms with Gasteiger partial charge in [-0.05, 0) is 12.1 Å². The van der Waals surface area contributed by atoms with E-state index in [0.717, 1.165) is 18.2 Å². The molecule has 96 valence electrons. The summed E-state index contributed by atoms with van der Waals surface area (Å²) >= 11 is 0. The Kier molecular flexibility index (Phi) is 3.62. The Morgan fingerprint density at radius 1 is 1.24 bits per heavy atom. The normalized spacial score (nSPS) is 12.8. The van der Waals surface area contributed by atoms with Gasteiger partial charge in [0.25, 0.3) is 0 Å². The van der Waals surface area contributed by atoms with Gasteiger partial charge in [0.05, 0.1) is 0 Å². The summed E-state index contributed by atoms with van der Waals surface area (Å²) in [5.41, 5.74) is 0. The molecule has 1 aromatic carbocycles. The largest absolute Gasteiger partial charge is 0.461 e. The third kappa shape index (κ3) is 3.30. The van der Waals surface area contributed by atoms with Crippen LogP contribution in [0.1, 0.15) is 0 Å². The number of ether oxygens (including phenoxy) is 1. The number of hydrogen-bond donors (Lipinski definition) is 1. The molecule has 0 saturated carbocycles. The lowest BCUT2D eigenvalue weighted by atomic mass is 10.3. The number of rotatable bonds is 4. The Hall–Kier alpha value is -1.35. The smallest absolute Gasteiger partial charge is 0.427 e. The zero-order valence-corrected chi connectivity index (χ0v) is 8.93. The minimum absolute atomic E-state index is 0.791. The van der Waals surface area contributed by atoms with Crippen molar-refractivity contribution in [1.82, 2.24) is 0 Å². The van der Waals surface area contributed by atoms with Crippen molar-refractivity contribution < 1.29 is 30.7 Å². The highest BCUT2D eigenvalue weighted by Crippen LogP contribution is 2.31. The van der Waals surface area contributed by atoms with Gasteiger partial charge in [-0.15, -0.1) is 0 Å². The zero-order valence-electron chi connectivity index (χ0n) is 8.11. The number of nitrogens with two attached hydrogens (primary N) is 1. The van der Waals surface area contributed by atoms with Crippen LogP contribution in [-0.2, 0) is 10.0 Å². The van der Waals surface area contributed by atoms with Gasteiger partial charge in [-0.3, -0.25) is 0 Å². The van der Waals surface area contributed by atoms with Gasteiger partial charge in [-0.2, -0.15) is 17.6 Å². The summed E-state index contributed by atoms with van der Waals surface area (Å²) in [5, 5.41) is 4.71. The van der Waals surface area contributed by atoms with E-state index in [1.54, 1.807) is 0 Å². The number of alkyl halides is 4. The van der Waals surface area contributed by atoms with Gasteiger partial charge in [0.15, 0.2) is 0 Å². The van der Waals surface area contributed by atoms with E-state index in [1.165, 1.54) is 6.07 Å². The molecule has 0 aliphatic heterocycles. The molecular formula is C8H7F4NO3S. The SMILES string of the molecule is NS(=O)(=O)c1ccccc1OC(F)(F)C(F)F. The maximum atomic E-state index is 12.6. The maximum absolute atomic E-state index is 12.6. The Morgan fingerprint density at radius 2 is 1.76 bits per heavy atom. The molecule has 1 aromatic rings. The van der Waals surface area contributed by atoms with E-state index in [0.29, 0.717) is 0 Å². The van der Waals surface area contributed by atoms with Gasteiger partial charge in [-0.25, -0.2) is 13.6 Å². The molecule has 0 fully saturated rings. The molecule has 2 N–H and O–H groups in total. The van der Waals surface area contributed by atoms with Crippen molar-refractivity contribution in [2.75, 3.05) is 0 Å². The lowest BCUT2D eigenvalue weighted by Gasteiger charge is -2.18. The number of halogens is 4. The highest BCUT2D eigenvalue weighted by molar-refractivity contribution is 7.89. The summed E-state index contributed by atoms with van der Waals surface area (Å²) in [7, 11) is -4.33. The van der Waals surface area contributed by atoms with Crippen LogP contribution in [0.3, 0.4) is 0 Å². The van der Waals surface area contributed by atoms with Crippen molar-refractivity contribution in [1.29, 1.82) is 0 Å². The van der Waals surface area contributed by atoms with Gasteiger partial charge in [0.1, 0.15) is 10.6 Å². The van der Waals surface area contributed by atoms with Crippen LogP contribution in [0.4, 0.5) is 17.6 Å². The summed E-state index contributed by atoms with van der Waals surface area (Å²) in [6.07, 6.45) is -8.88. The number of benzene rings is 1. The third-order valence-corrected chi connectivity index (χ3v) is 2.61. The third-order valence-electron chi connectivity index (χ3n) is 1.66. The number of sulfonamides is 1. The summed E-state index contributed by atoms with van der Waals surface area (Å²) in [5.74, 6) is -0.930. The summed E-state index contributed by atoms with van der Waals surface area (Å²) in [4.78, 5) is -0.791. The molecule has 0 unspecified atom stereocenters. The fourth-order valence-electron chi connectivity index (χ4n) is 0.961. The van der Waals surface area contributed by atoms with Crippen molar-refractivity contribution >= 4 is 10.0 Å². The first-order valence-corrected chi connectivity index (χ1v) is 5.66. The van der Waals surface area contributed by atoms with Crippen molar-refractivity contribution in [3.8, 4) is 5.75 Å². The Morgan fingerprint density at radius 3 is 2.24 bits per heavy atom. The molecule has 0 amide bonds. The van der Waals surface area contributed by atoms with Crippen LogP contribution in [0.25, 0.3) is 0 Å². The summed E-state index contributed by atoms with van der Waals surface area (Å²) in [6.45, 7) is 0. The molecule has 17 heavy (non-hydrogen) atoms. The van der Waals surface area contributed by atoms with Crippen LogP contribution in [-0.4, -0.2) is 21.0 Å². The second-order valence-electron chi connectivity index (χ2n) is 2.96. The van der Waals surface area contributed by atoms with Crippen molar-refractivity contribution in [3.63, 3.8) is 0 Å². The van der Waals surface area contributed by atoms with Crippen LogP contribution in [0.15, 0.2) is 29.2 Å². The number of para-hydroxylation sites is 1. The second-order valence-corrected chi connectivity index (χ2v) is 4.49. The standard InChI is InChI=1S/C8H7F4NO3S/c9-7(10)8(11,12)16-5-3-1-2-4-6(5)17(13,14)15/h1-4,7H,(H2,13,14,15). The van der Waals surface area contributed by atoms with Crippen molar-refractivity contribution in [2.45, 2.75) is 17.4 Å². The fourth-order valence-corrected chi connectivity index (χ4v) is 1.62.